The number of allylic oxidation sites excluding steroid dienone is 1. The predicted molar refractivity (Wildman–Crippen MR) is 232 cm³/mol. The fourth-order valence-electron chi connectivity index (χ4n) is 7.24. The number of nitrogens with zero attached hydrogens (tertiary/aromatic N) is 1. The number of quaternary nitrogens is 1. The van der Waals surface area contributed by atoms with Crippen LogP contribution in [0.2, 0.25) is 0 Å². The molecule has 2 heterocycles. The molecule has 0 aromatic carbocycles. The topological polar surface area (TPSA) is 258 Å². The first-order chi connectivity index (χ1) is 29.7. The van der Waals surface area contributed by atoms with E-state index in [-0.39, 0.29) is 50.7 Å². The van der Waals surface area contributed by atoms with Crippen LogP contribution in [0.25, 0.3) is 0 Å². The lowest BCUT2D eigenvalue weighted by Gasteiger charge is -2.35. The summed E-state index contributed by atoms with van der Waals surface area (Å²) < 4.78 is 79.0. The summed E-state index contributed by atoms with van der Waals surface area (Å²) >= 11 is 0. The quantitative estimate of drug-likeness (QED) is 0.0144. The van der Waals surface area contributed by atoms with E-state index in [4.69, 9.17) is 47.8 Å². The zero-order valence-electron chi connectivity index (χ0n) is 38.3. The van der Waals surface area contributed by atoms with Gasteiger partial charge in [0.1, 0.15) is 38.6 Å². The molecule has 4 N–H and O–H groups in total. The number of hydrogen-bond acceptors (Lipinski definition) is 17. The largest absolute Gasteiger partial charge is 0.606 e. The first-order valence-corrected chi connectivity index (χ1v) is 25.4. The minimum atomic E-state index is -4.49. The number of phosphoric acid groups is 1. The third-order valence-corrected chi connectivity index (χ3v) is 11.9. The van der Waals surface area contributed by atoms with Gasteiger partial charge in [0.05, 0.1) is 46.5 Å². The average molecular weight is 946 g/mol. The lowest BCUT2D eigenvalue weighted by atomic mass is 9.94. The van der Waals surface area contributed by atoms with Gasteiger partial charge in [-0.05, 0) is 38.5 Å². The first-order valence-electron chi connectivity index (χ1n) is 22.6. The van der Waals surface area contributed by atoms with Gasteiger partial charge in [0.15, 0.2) is 11.9 Å². The maximum Gasteiger partial charge on any atom is 0.397 e. The number of carbonyl (C=O) groups is 3. The Morgan fingerprint density at radius 2 is 1.49 bits per heavy atom. The van der Waals surface area contributed by atoms with Crippen molar-refractivity contribution < 1.29 is 83.3 Å². The van der Waals surface area contributed by atoms with E-state index in [0.29, 0.717) is 36.9 Å². The highest BCUT2D eigenvalue weighted by atomic mass is 32.3. The standard InChI is InChI=1S/C42H77N2O17PS/c1-34(45)54-32-37(33-56-62(48,49)55-29-27-44(3,4)5)59-40(47)23-19-15-13-14-18-22-39-41-38(58-35(2)46)24-26-42(60-39,61-41)25-20-16-11-9-7-6-8-10-12-17-21-28-53-30-36(43)31-57-63(50,51)52/h19,23,36-39,41H,6-18,20-22,24-33,43H2,1-5H3,(H-,48,49,50,51,52)/p+1/b23-19+/t36?,37-,38-,39-,41+,42+/m1/s1. The van der Waals surface area contributed by atoms with Crippen molar-refractivity contribution in [1.29, 1.82) is 0 Å². The van der Waals surface area contributed by atoms with E-state index in [2.05, 4.69) is 4.18 Å². The van der Waals surface area contributed by atoms with E-state index in [0.717, 1.165) is 70.6 Å². The SMILES string of the molecule is CC(=O)OC[C@H](CO[P+]([O-])(O)OCC[N+](C)(C)C)OC(=O)/C=C/CCCCC[C@H]1O[C@]2(CCCCCCCCCCCCCOCC(N)COS(=O)(=O)O)CC[C@@H](OC(C)=O)[C@@H]1O2. The highest BCUT2D eigenvalue weighted by molar-refractivity contribution is 7.80. The van der Waals surface area contributed by atoms with Crippen LogP contribution in [0.4, 0.5) is 0 Å². The van der Waals surface area contributed by atoms with Crippen LogP contribution >= 0.6 is 8.17 Å². The summed E-state index contributed by atoms with van der Waals surface area (Å²) in [6, 6.07) is -0.619. The molecule has 0 aliphatic carbocycles. The zero-order chi connectivity index (χ0) is 46.8. The highest BCUT2D eigenvalue weighted by Gasteiger charge is 2.54. The molecule has 19 nitrogen and oxygen atoms in total. The normalized spacial score (nSPS) is 22.1. The first kappa shape index (κ1) is 57.2. The molecule has 63 heavy (non-hydrogen) atoms. The van der Waals surface area contributed by atoms with Crippen molar-refractivity contribution in [2.24, 2.45) is 5.73 Å². The van der Waals surface area contributed by atoms with E-state index in [1.54, 1.807) is 6.08 Å². The minimum Gasteiger partial charge on any atom is -0.606 e. The maximum atomic E-state index is 12.5. The fourth-order valence-corrected chi connectivity index (χ4v) is 8.33. The Labute approximate surface area is 376 Å². The molecule has 0 radical (unpaired) electrons. The average Bonchev–Trinajstić information content (AvgIpc) is 3.48. The van der Waals surface area contributed by atoms with Gasteiger partial charge in [0.2, 0.25) is 0 Å². The Morgan fingerprint density at radius 1 is 0.857 bits per heavy atom. The zero-order valence-corrected chi connectivity index (χ0v) is 40.0. The number of carbonyl (C=O) groups excluding carboxylic acids is 3. The molecular formula is C42H78N2O17PS+. The van der Waals surface area contributed by atoms with E-state index >= 15 is 0 Å². The maximum absolute atomic E-state index is 12.5. The Hall–Kier alpha value is -1.91. The van der Waals surface area contributed by atoms with Gasteiger partial charge in [-0.25, -0.2) is 8.98 Å². The Morgan fingerprint density at radius 3 is 2.11 bits per heavy atom. The molecule has 0 amide bonds. The molecule has 2 fully saturated rings. The molecule has 7 atom stereocenters. The second-order valence-corrected chi connectivity index (χ2v) is 20.1. The summed E-state index contributed by atoms with van der Waals surface area (Å²) in [6.07, 6.45) is 19.4. The van der Waals surface area contributed by atoms with Crippen LogP contribution in [-0.4, -0.2) is 144 Å². The number of phosphoric ester groups is 1. The van der Waals surface area contributed by atoms with Crippen LogP contribution in [0.3, 0.4) is 0 Å². The van der Waals surface area contributed by atoms with Crippen LogP contribution in [0.1, 0.15) is 136 Å². The van der Waals surface area contributed by atoms with Gasteiger partial charge in [-0.15, -0.1) is 0 Å². The highest BCUT2D eigenvalue weighted by Crippen LogP contribution is 2.48. The second-order valence-electron chi connectivity index (χ2n) is 17.5. The van der Waals surface area contributed by atoms with Crippen molar-refractivity contribution in [3.63, 3.8) is 0 Å². The monoisotopic (exact) mass is 945 g/mol. The van der Waals surface area contributed by atoms with Crippen molar-refractivity contribution in [2.75, 3.05) is 67.3 Å². The Balaban J connectivity index is 1.63. The van der Waals surface area contributed by atoms with Crippen LogP contribution in [0.15, 0.2) is 12.2 Å². The summed E-state index contributed by atoms with van der Waals surface area (Å²) in [6.45, 7) is 2.59. The Bertz CT molecular complexity index is 1450. The van der Waals surface area contributed by atoms with Gasteiger partial charge in [0, 0.05) is 39.4 Å². The molecule has 2 unspecified atom stereocenters. The van der Waals surface area contributed by atoms with Gasteiger partial charge in [-0.1, -0.05) is 76.7 Å². The Kier molecular flexibility index (Phi) is 27.6. The summed E-state index contributed by atoms with van der Waals surface area (Å²) in [5, 5.41) is 0. The number of ether oxygens (including phenoxy) is 6. The number of esters is 3. The molecule has 2 rings (SSSR count). The molecule has 2 bridgehead atoms. The van der Waals surface area contributed by atoms with E-state index in [1.807, 2.05) is 21.1 Å². The lowest BCUT2D eigenvalue weighted by molar-refractivity contribution is -0.870. The molecule has 0 aromatic rings. The van der Waals surface area contributed by atoms with Crippen molar-refractivity contribution in [1.82, 2.24) is 0 Å². The van der Waals surface area contributed by atoms with Gasteiger partial charge in [-0.3, -0.25) is 14.1 Å². The third-order valence-electron chi connectivity index (χ3n) is 10.5. The summed E-state index contributed by atoms with van der Waals surface area (Å²) in [4.78, 5) is 58.0. The number of hydrogen-bond donors (Lipinski definition) is 3. The minimum absolute atomic E-state index is 0.0236. The van der Waals surface area contributed by atoms with Crippen molar-refractivity contribution >= 4 is 36.5 Å². The number of rotatable bonds is 37. The second kappa shape index (κ2) is 30.4. The number of fused-ring (bicyclic) bond motifs is 2. The summed E-state index contributed by atoms with van der Waals surface area (Å²) in [5.74, 6) is -2.29. The van der Waals surface area contributed by atoms with Crippen LogP contribution in [-0.2, 0) is 66.4 Å². The molecule has 2 aliphatic heterocycles. The fraction of sp³-hybridized carbons (Fsp3) is 0.881. The summed E-state index contributed by atoms with van der Waals surface area (Å²) in [7, 11) is -3.20. The van der Waals surface area contributed by atoms with Crippen LogP contribution in [0, 0.1) is 0 Å². The van der Waals surface area contributed by atoms with Crippen molar-refractivity contribution in [3.05, 3.63) is 12.2 Å². The van der Waals surface area contributed by atoms with Gasteiger partial charge in [0.25, 0.3) is 0 Å². The molecule has 0 aromatic heterocycles. The third kappa shape index (κ3) is 28.7. The molecule has 2 saturated heterocycles. The molecular weight excluding hydrogens is 868 g/mol. The van der Waals surface area contributed by atoms with Crippen molar-refractivity contribution in [3.8, 4) is 0 Å². The predicted octanol–water partition coefficient (Wildman–Crippen LogP) is 4.79. The van der Waals surface area contributed by atoms with E-state index in [1.165, 1.54) is 52.0 Å². The molecule has 0 saturated carbocycles. The molecule has 0 spiro atoms. The smallest absolute Gasteiger partial charge is 0.397 e. The molecule has 21 heteroatoms. The van der Waals surface area contributed by atoms with Crippen molar-refractivity contribution in [2.45, 2.75) is 172 Å². The van der Waals surface area contributed by atoms with Gasteiger partial charge < -0.3 is 43.5 Å². The number of likely N-dealkylation sites (N-methyl/N-ethyl adjacent to an activating group) is 1. The van der Waals surface area contributed by atoms with E-state index in [9.17, 15) is 32.6 Å². The van der Waals surface area contributed by atoms with E-state index < -0.39 is 55.0 Å². The molecule has 368 valence electrons. The van der Waals surface area contributed by atoms with Crippen LogP contribution < -0.4 is 10.6 Å². The van der Waals surface area contributed by atoms with Gasteiger partial charge >= 0.3 is 36.5 Å². The lowest BCUT2D eigenvalue weighted by Crippen LogP contribution is -2.43. The summed E-state index contributed by atoms with van der Waals surface area (Å²) in [5.41, 5.74) is 5.69. The molecule has 2 aliphatic rings. The number of nitrogens with two attached hydrogens (primary N) is 1. The number of unbranched alkanes of at least 4 members (excludes halogenated alkanes) is 13. The van der Waals surface area contributed by atoms with Crippen LogP contribution in [0.5, 0.6) is 0 Å². The van der Waals surface area contributed by atoms with Gasteiger partial charge in [-0.2, -0.15) is 22.4 Å².